The number of carbonyl (C=O) groups is 1. The predicted molar refractivity (Wildman–Crippen MR) is 101 cm³/mol. The van der Waals surface area contributed by atoms with Gasteiger partial charge in [-0.05, 0) is 49.0 Å². The third-order valence-corrected chi connectivity index (χ3v) is 9.56. The molecule has 1 unspecified atom stereocenters. The third kappa shape index (κ3) is 2.09. The summed E-state index contributed by atoms with van der Waals surface area (Å²) in [5.41, 5.74) is 1.32. The Morgan fingerprint density at radius 2 is 1.54 bits per heavy atom. The molecular weight excluding hydrogens is 356 g/mol. The van der Waals surface area contributed by atoms with E-state index < -0.39 is 11.6 Å². The van der Waals surface area contributed by atoms with Gasteiger partial charge in [-0.3, -0.25) is 4.79 Å². The summed E-state index contributed by atoms with van der Waals surface area (Å²) in [6, 6.07) is 0. The van der Waals surface area contributed by atoms with E-state index in [2.05, 4.69) is 13.8 Å². The first kappa shape index (κ1) is 18.1. The molecule has 5 nitrogen and oxygen atoms in total. The average Bonchev–Trinajstić information content (AvgIpc) is 3.39. The van der Waals surface area contributed by atoms with Crippen molar-refractivity contribution in [3.05, 3.63) is 11.6 Å². The summed E-state index contributed by atoms with van der Waals surface area (Å²) >= 11 is 0. The zero-order valence-corrected chi connectivity index (χ0v) is 17.1. The lowest BCUT2D eigenvalue weighted by Gasteiger charge is -2.58. The Hall–Kier alpha value is -0.750. The monoisotopic (exact) mass is 388 g/mol. The summed E-state index contributed by atoms with van der Waals surface area (Å²) in [5, 5.41) is 0. The number of allylic oxidation sites excluding steroid dienone is 1. The number of rotatable bonds is 0. The highest BCUT2D eigenvalue weighted by Gasteiger charge is 2.68. The fraction of sp³-hybridized carbons (Fsp3) is 0.870. The molecule has 0 aromatic carbocycles. The summed E-state index contributed by atoms with van der Waals surface area (Å²) in [6.07, 6.45) is 8.89. The van der Waals surface area contributed by atoms with Gasteiger partial charge < -0.3 is 18.9 Å². The molecule has 0 radical (unpaired) electrons. The largest absolute Gasteiger partial charge is 0.347 e. The summed E-state index contributed by atoms with van der Waals surface area (Å²) in [5.74, 6) is 0.313. The van der Waals surface area contributed by atoms with Gasteiger partial charge in [0.15, 0.2) is 17.4 Å². The van der Waals surface area contributed by atoms with E-state index in [1.807, 2.05) is 6.08 Å². The van der Waals surface area contributed by atoms with E-state index >= 15 is 0 Å². The molecule has 4 aliphatic carbocycles. The highest BCUT2D eigenvalue weighted by Crippen LogP contribution is 2.68. The molecule has 2 spiro atoms. The van der Waals surface area contributed by atoms with E-state index in [1.54, 1.807) is 0 Å². The van der Waals surface area contributed by atoms with Crippen LogP contribution in [-0.4, -0.2) is 43.8 Å². The SMILES string of the molecule is C[C@]12CCC3(CC1=CC(=O)[C@@H]1C2CC[C@@]2(C)[C@H]1CCC21OCCO1)OCCO3. The van der Waals surface area contributed by atoms with Crippen LogP contribution in [-0.2, 0) is 23.7 Å². The van der Waals surface area contributed by atoms with E-state index in [9.17, 15) is 4.79 Å². The third-order valence-electron chi connectivity index (χ3n) is 9.56. The Labute approximate surface area is 167 Å². The van der Waals surface area contributed by atoms with Gasteiger partial charge in [0.05, 0.1) is 26.4 Å². The fourth-order valence-corrected chi connectivity index (χ4v) is 7.98. The van der Waals surface area contributed by atoms with Crippen molar-refractivity contribution >= 4 is 5.78 Å². The van der Waals surface area contributed by atoms with Crippen molar-refractivity contribution in [1.29, 1.82) is 0 Å². The van der Waals surface area contributed by atoms with Gasteiger partial charge in [0.25, 0.3) is 0 Å². The molecule has 0 bridgehead atoms. The lowest BCUT2D eigenvalue weighted by atomic mass is 9.47. The van der Waals surface area contributed by atoms with E-state index in [1.165, 1.54) is 5.57 Å². The van der Waals surface area contributed by atoms with E-state index in [0.717, 1.165) is 44.9 Å². The minimum absolute atomic E-state index is 0.0460. The summed E-state index contributed by atoms with van der Waals surface area (Å²) in [6.45, 7) is 7.46. The zero-order valence-electron chi connectivity index (χ0n) is 17.1. The first-order valence-electron chi connectivity index (χ1n) is 11.2. The van der Waals surface area contributed by atoms with Crippen LogP contribution >= 0.6 is 0 Å². The smallest absolute Gasteiger partial charge is 0.174 e. The van der Waals surface area contributed by atoms with E-state index in [0.29, 0.717) is 44.0 Å². The van der Waals surface area contributed by atoms with Gasteiger partial charge in [-0.1, -0.05) is 19.4 Å². The van der Waals surface area contributed by atoms with Crippen LogP contribution in [0.15, 0.2) is 11.6 Å². The van der Waals surface area contributed by atoms with Gasteiger partial charge in [-0.15, -0.1) is 0 Å². The minimum Gasteiger partial charge on any atom is -0.347 e. The number of fused-ring (bicyclic) bond motifs is 6. The fourth-order valence-electron chi connectivity index (χ4n) is 7.98. The first-order chi connectivity index (χ1) is 13.4. The summed E-state index contributed by atoms with van der Waals surface area (Å²) in [4.78, 5) is 13.5. The highest BCUT2D eigenvalue weighted by molar-refractivity contribution is 5.94. The molecule has 0 aromatic rings. The van der Waals surface area contributed by atoms with Crippen LogP contribution in [0.4, 0.5) is 0 Å². The number of ether oxygens (including phenoxy) is 4. The standard InChI is InChI=1S/C23H32O5/c1-20-7-8-22(25-9-10-26-22)14-15(20)13-18(24)19-16(20)3-5-21(2)17(19)4-6-23(21)27-11-12-28-23/h13,16-17,19H,3-12,14H2,1-2H3/t16?,17-,19+,20-,21-/m0/s1. The second-order valence-electron chi connectivity index (χ2n) is 10.5. The molecule has 0 N–H and O–H groups in total. The van der Waals surface area contributed by atoms with Gasteiger partial charge in [-0.2, -0.15) is 0 Å². The Bertz CT molecular complexity index is 731. The molecule has 2 saturated heterocycles. The Morgan fingerprint density at radius 1 is 0.857 bits per heavy atom. The molecule has 0 amide bonds. The van der Waals surface area contributed by atoms with Crippen molar-refractivity contribution in [3.63, 3.8) is 0 Å². The number of hydrogen-bond acceptors (Lipinski definition) is 5. The maximum Gasteiger partial charge on any atom is 0.174 e. The van der Waals surface area contributed by atoms with E-state index in [4.69, 9.17) is 18.9 Å². The molecule has 3 saturated carbocycles. The van der Waals surface area contributed by atoms with Gasteiger partial charge in [0.2, 0.25) is 0 Å². The number of ketones is 1. The molecule has 5 heteroatoms. The molecule has 6 rings (SSSR count). The molecule has 0 aromatic heterocycles. The second-order valence-corrected chi connectivity index (χ2v) is 10.5. The van der Waals surface area contributed by atoms with Crippen molar-refractivity contribution in [2.45, 2.75) is 70.4 Å². The van der Waals surface area contributed by atoms with Gasteiger partial charge >= 0.3 is 0 Å². The lowest BCUT2D eigenvalue weighted by molar-refractivity contribution is -0.242. The van der Waals surface area contributed by atoms with Crippen molar-refractivity contribution in [1.82, 2.24) is 0 Å². The van der Waals surface area contributed by atoms with Crippen LogP contribution in [0.3, 0.4) is 0 Å². The van der Waals surface area contributed by atoms with Crippen molar-refractivity contribution < 1.29 is 23.7 Å². The molecule has 2 heterocycles. The average molecular weight is 389 g/mol. The predicted octanol–water partition coefficient (Wildman–Crippen LogP) is 3.61. The molecule has 6 aliphatic rings. The topological polar surface area (TPSA) is 54.0 Å². The maximum atomic E-state index is 13.5. The van der Waals surface area contributed by atoms with Crippen LogP contribution in [0.2, 0.25) is 0 Å². The lowest BCUT2D eigenvalue weighted by Crippen LogP contribution is -2.57. The molecule has 28 heavy (non-hydrogen) atoms. The first-order valence-corrected chi connectivity index (χ1v) is 11.2. The van der Waals surface area contributed by atoms with Crippen LogP contribution in [0, 0.1) is 28.6 Å². The molecule has 5 atom stereocenters. The van der Waals surface area contributed by atoms with Crippen molar-refractivity contribution in [2.24, 2.45) is 28.6 Å². The highest BCUT2D eigenvalue weighted by atomic mass is 16.7. The van der Waals surface area contributed by atoms with Gasteiger partial charge in [-0.25, -0.2) is 0 Å². The Morgan fingerprint density at radius 3 is 2.29 bits per heavy atom. The molecular formula is C23H32O5. The Kier molecular flexibility index (Phi) is 3.67. The van der Waals surface area contributed by atoms with Gasteiger partial charge in [0, 0.05) is 30.6 Å². The zero-order chi connectivity index (χ0) is 19.2. The van der Waals surface area contributed by atoms with Crippen LogP contribution in [0.25, 0.3) is 0 Å². The number of carbonyl (C=O) groups excluding carboxylic acids is 1. The normalized spacial score (nSPS) is 48.4. The summed E-state index contributed by atoms with van der Waals surface area (Å²) < 4.78 is 24.4. The van der Waals surface area contributed by atoms with E-state index in [-0.39, 0.29) is 16.7 Å². The van der Waals surface area contributed by atoms with Crippen LogP contribution in [0.1, 0.15) is 58.8 Å². The van der Waals surface area contributed by atoms with Crippen molar-refractivity contribution in [2.75, 3.05) is 26.4 Å². The Balaban J connectivity index is 1.36. The molecule has 5 fully saturated rings. The maximum absolute atomic E-state index is 13.5. The number of hydrogen-bond donors (Lipinski definition) is 0. The van der Waals surface area contributed by atoms with Crippen molar-refractivity contribution in [3.8, 4) is 0 Å². The summed E-state index contributed by atoms with van der Waals surface area (Å²) in [7, 11) is 0. The minimum atomic E-state index is -0.468. The second kappa shape index (κ2) is 5.69. The van der Waals surface area contributed by atoms with Gasteiger partial charge in [0.1, 0.15) is 0 Å². The quantitative estimate of drug-likeness (QED) is 0.634. The molecule has 2 aliphatic heterocycles. The van der Waals surface area contributed by atoms with Crippen LogP contribution < -0.4 is 0 Å². The molecule has 154 valence electrons. The van der Waals surface area contributed by atoms with Crippen LogP contribution in [0.5, 0.6) is 0 Å².